The predicted octanol–water partition coefficient (Wildman–Crippen LogP) is -1.34. The number of carbonyl (C=O) groups is 1. The van der Waals surface area contributed by atoms with Gasteiger partial charge in [0.2, 0.25) is 5.91 Å². The van der Waals surface area contributed by atoms with E-state index < -0.39 is 9.84 Å². The number of hydrogen-bond acceptors (Lipinski definition) is 7. The van der Waals surface area contributed by atoms with Crippen LogP contribution >= 0.6 is 0 Å². The first-order valence-electron chi connectivity index (χ1n) is 7.69. The van der Waals surface area contributed by atoms with Gasteiger partial charge in [0.1, 0.15) is 28.3 Å². The van der Waals surface area contributed by atoms with E-state index in [4.69, 9.17) is 0 Å². The van der Waals surface area contributed by atoms with Crippen LogP contribution in [0.1, 0.15) is 17.9 Å². The summed E-state index contributed by atoms with van der Waals surface area (Å²) < 4.78 is 25.5. The molecule has 3 rings (SSSR count). The molecule has 2 aromatic rings. The zero-order valence-electron chi connectivity index (χ0n) is 13.7. The Balaban J connectivity index is 1.76. The molecule has 0 N–H and O–H groups in total. The van der Waals surface area contributed by atoms with Gasteiger partial charge in [0, 0.05) is 31.8 Å². The van der Waals surface area contributed by atoms with Gasteiger partial charge in [0.25, 0.3) is 5.56 Å². The lowest BCUT2D eigenvalue weighted by Gasteiger charge is -2.29. The lowest BCUT2D eigenvalue weighted by molar-refractivity contribution is -0.132. The van der Waals surface area contributed by atoms with Gasteiger partial charge in [0.15, 0.2) is 0 Å². The Bertz CT molecular complexity index is 935. The van der Waals surface area contributed by atoms with Crippen LogP contribution in [0.4, 0.5) is 0 Å². The molecule has 0 saturated heterocycles. The Morgan fingerprint density at radius 3 is 2.80 bits per heavy atom. The van der Waals surface area contributed by atoms with Crippen molar-refractivity contribution >= 4 is 15.7 Å². The average molecular weight is 366 g/mol. The minimum absolute atomic E-state index is 0.0677. The van der Waals surface area contributed by atoms with Crippen molar-refractivity contribution in [1.82, 2.24) is 29.2 Å². The van der Waals surface area contributed by atoms with Crippen LogP contribution in [0.15, 0.2) is 23.5 Å². The molecule has 0 aromatic carbocycles. The highest BCUT2D eigenvalue weighted by molar-refractivity contribution is 7.90. The maximum Gasteiger partial charge on any atom is 0.253 e. The molecule has 0 unspecified atom stereocenters. The zero-order valence-corrected chi connectivity index (χ0v) is 14.5. The Kier molecular flexibility index (Phi) is 4.66. The van der Waals surface area contributed by atoms with Crippen molar-refractivity contribution in [1.29, 1.82) is 0 Å². The fourth-order valence-corrected chi connectivity index (χ4v) is 3.19. The first-order chi connectivity index (χ1) is 11.8. The topological polar surface area (TPSA) is 120 Å². The van der Waals surface area contributed by atoms with E-state index in [2.05, 4.69) is 15.1 Å². The van der Waals surface area contributed by atoms with Crippen LogP contribution < -0.4 is 5.56 Å². The fraction of sp³-hybridized carbons (Fsp3) is 0.500. The van der Waals surface area contributed by atoms with Gasteiger partial charge in [-0.1, -0.05) is 0 Å². The predicted molar refractivity (Wildman–Crippen MR) is 87.4 cm³/mol. The van der Waals surface area contributed by atoms with Gasteiger partial charge in [0.05, 0.1) is 24.5 Å². The van der Waals surface area contributed by atoms with Gasteiger partial charge in [-0.05, 0) is 0 Å². The quantitative estimate of drug-likeness (QED) is 0.642. The number of carbonyl (C=O) groups excluding carboxylic acids is 1. The highest BCUT2D eigenvalue weighted by Crippen LogP contribution is 2.11. The van der Waals surface area contributed by atoms with Crippen LogP contribution in [0.2, 0.25) is 0 Å². The number of nitrogens with zero attached hydrogens (tertiary/aromatic N) is 6. The maximum absolute atomic E-state index is 12.2. The SMILES string of the molecule is CS(=O)(=O)CCC(=O)N1CCn2c(nc(Cn3cncn3)cc2=O)C1. The smallest absolute Gasteiger partial charge is 0.253 e. The Morgan fingerprint density at radius 2 is 2.12 bits per heavy atom. The molecule has 1 aliphatic heterocycles. The van der Waals surface area contributed by atoms with E-state index in [1.807, 2.05) is 0 Å². The Hall–Kier alpha value is -2.56. The molecule has 0 fully saturated rings. The molecule has 11 heteroatoms. The molecule has 1 aliphatic rings. The highest BCUT2D eigenvalue weighted by Gasteiger charge is 2.23. The average Bonchev–Trinajstić information content (AvgIpc) is 3.04. The molecule has 134 valence electrons. The molecule has 0 spiro atoms. The molecule has 25 heavy (non-hydrogen) atoms. The summed E-state index contributed by atoms with van der Waals surface area (Å²) in [6.45, 7) is 1.20. The first kappa shape index (κ1) is 17.3. The molecule has 1 amide bonds. The molecule has 2 aromatic heterocycles. The van der Waals surface area contributed by atoms with Crippen LogP contribution in [-0.2, 0) is 34.3 Å². The number of hydrogen-bond donors (Lipinski definition) is 0. The molecule has 0 atom stereocenters. The van der Waals surface area contributed by atoms with E-state index in [0.717, 1.165) is 6.26 Å². The third-order valence-corrected chi connectivity index (χ3v) is 4.84. The Morgan fingerprint density at radius 1 is 1.32 bits per heavy atom. The number of aromatic nitrogens is 5. The normalized spacial score (nSPS) is 14.4. The maximum atomic E-state index is 12.2. The molecule has 10 nitrogen and oxygen atoms in total. The summed E-state index contributed by atoms with van der Waals surface area (Å²) in [6, 6.07) is 1.45. The molecule has 0 radical (unpaired) electrons. The zero-order chi connectivity index (χ0) is 18.0. The summed E-state index contributed by atoms with van der Waals surface area (Å²) in [4.78, 5) is 34.3. The van der Waals surface area contributed by atoms with E-state index in [9.17, 15) is 18.0 Å². The van der Waals surface area contributed by atoms with Gasteiger partial charge in [-0.25, -0.2) is 23.1 Å². The number of sulfone groups is 1. The van der Waals surface area contributed by atoms with Crippen molar-refractivity contribution in [3.8, 4) is 0 Å². The molecule has 0 saturated carbocycles. The van der Waals surface area contributed by atoms with Gasteiger partial charge in [-0.2, -0.15) is 5.10 Å². The van der Waals surface area contributed by atoms with Crippen LogP contribution in [0, 0.1) is 0 Å². The standard InChI is InChI=1S/C14H18N6O4S/c1-25(23,24)5-2-13(21)18-3-4-20-12(8-18)17-11(6-14(20)22)7-19-10-15-9-16-19/h6,9-10H,2-5,7-8H2,1H3. The van der Waals surface area contributed by atoms with E-state index >= 15 is 0 Å². The summed E-state index contributed by atoms with van der Waals surface area (Å²) in [6.07, 6.45) is 3.96. The lowest BCUT2D eigenvalue weighted by atomic mass is 10.3. The summed E-state index contributed by atoms with van der Waals surface area (Å²) in [5.41, 5.74) is 0.357. The van der Waals surface area contributed by atoms with Crippen molar-refractivity contribution < 1.29 is 13.2 Å². The number of rotatable bonds is 5. The Labute approximate surface area is 144 Å². The minimum atomic E-state index is -3.19. The largest absolute Gasteiger partial charge is 0.333 e. The van der Waals surface area contributed by atoms with Crippen LogP contribution in [-0.4, -0.2) is 62.1 Å². The van der Waals surface area contributed by atoms with Crippen molar-refractivity contribution in [2.24, 2.45) is 0 Å². The first-order valence-corrected chi connectivity index (χ1v) is 9.75. The van der Waals surface area contributed by atoms with Gasteiger partial charge in [-0.3, -0.25) is 14.2 Å². The third-order valence-electron chi connectivity index (χ3n) is 3.90. The molecule has 0 aliphatic carbocycles. The second-order valence-electron chi connectivity index (χ2n) is 5.94. The highest BCUT2D eigenvalue weighted by atomic mass is 32.2. The molecular formula is C14H18N6O4S. The lowest BCUT2D eigenvalue weighted by Crippen LogP contribution is -2.43. The van der Waals surface area contributed by atoms with Gasteiger partial charge in [-0.15, -0.1) is 0 Å². The third kappa shape index (κ3) is 4.29. The number of fused-ring (bicyclic) bond motifs is 1. The van der Waals surface area contributed by atoms with E-state index in [1.165, 1.54) is 28.2 Å². The molecule has 0 bridgehead atoms. The van der Waals surface area contributed by atoms with Crippen LogP contribution in [0.25, 0.3) is 0 Å². The summed E-state index contributed by atoms with van der Waals surface area (Å²) in [7, 11) is -3.19. The molecule has 3 heterocycles. The monoisotopic (exact) mass is 366 g/mol. The van der Waals surface area contributed by atoms with Crippen molar-refractivity contribution in [3.05, 3.63) is 40.6 Å². The minimum Gasteiger partial charge on any atom is -0.333 e. The van der Waals surface area contributed by atoms with Gasteiger partial charge < -0.3 is 4.90 Å². The van der Waals surface area contributed by atoms with Crippen molar-refractivity contribution in [2.75, 3.05) is 18.6 Å². The molecular weight excluding hydrogens is 348 g/mol. The van der Waals surface area contributed by atoms with E-state index in [-0.39, 0.29) is 30.2 Å². The number of amides is 1. The van der Waals surface area contributed by atoms with Crippen LogP contribution in [0.3, 0.4) is 0 Å². The second kappa shape index (κ2) is 6.75. The fourth-order valence-electron chi connectivity index (χ4n) is 2.64. The van der Waals surface area contributed by atoms with Gasteiger partial charge >= 0.3 is 0 Å². The summed E-state index contributed by atoms with van der Waals surface area (Å²) >= 11 is 0. The van der Waals surface area contributed by atoms with Crippen molar-refractivity contribution in [2.45, 2.75) is 26.1 Å². The van der Waals surface area contributed by atoms with Crippen molar-refractivity contribution in [3.63, 3.8) is 0 Å². The van der Waals surface area contributed by atoms with E-state index in [1.54, 1.807) is 4.68 Å². The summed E-state index contributed by atoms with van der Waals surface area (Å²) in [5, 5.41) is 3.98. The summed E-state index contributed by atoms with van der Waals surface area (Å²) in [5.74, 6) is 0.0451. The second-order valence-corrected chi connectivity index (χ2v) is 8.20. The van der Waals surface area contributed by atoms with Crippen LogP contribution in [0.5, 0.6) is 0 Å². The van der Waals surface area contributed by atoms with E-state index in [0.29, 0.717) is 31.2 Å².